The average molecular weight is 503 g/mol. The molecule has 0 fully saturated rings. The van der Waals surface area contributed by atoms with E-state index in [2.05, 4.69) is 51.1 Å². The number of fused-ring (bicyclic) bond motifs is 1. The molecule has 1 aliphatic heterocycles. The summed E-state index contributed by atoms with van der Waals surface area (Å²) in [7, 11) is 3.88. The summed E-state index contributed by atoms with van der Waals surface area (Å²) in [5.74, 6) is 0.704. The lowest BCUT2D eigenvalue weighted by Crippen LogP contribution is -2.42. The molecule has 0 aliphatic carbocycles. The number of aliphatic imine (C=N–C) groups is 1. The first kappa shape index (κ1) is 24.3. The third kappa shape index (κ3) is 8.12. The van der Waals surface area contributed by atoms with Gasteiger partial charge in [0.1, 0.15) is 5.60 Å². The van der Waals surface area contributed by atoms with Crippen molar-refractivity contribution in [2.24, 2.45) is 4.99 Å². The quantitative estimate of drug-likeness (QED) is 0.249. The van der Waals surface area contributed by atoms with Gasteiger partial charge >= 0.3 is 6.09 Å². The number of carbonyl (C=O) groups excluding carboxylic acids is 1. The molecule has 1 heterocycles. The molecular weight excluding hydrogens is 469 g/mol. The van der Waals surface area contributed by atoms with Crippen LogP contribution in [0.1, 0.15) is 38.3 Å². The van der Waals surface area contributed by atoms with Gasteiger partial charge in [0.2, 0.25) is 0 Å². The number of ether oxygens (including phenoxy) is 1. The molecule has 2 rings (SSSR count). The summed E-state index contributed by atoms with van der Waals surface area (Å²) >= 11 is 0. The molecule has 0 atom stereocenters. The maximum absolute atomic E-state index is 11.6. The van der Waals surface area contributed by atoms with E-state index in [9.17, 15) is 4.79 Å². The van der Waals surface area contributed by atoms with Crippen molar-refractivity contribution < 1.29 is 9.53 Å². The minimum atomic E-state index is -0.487. The number of benzene rings is 1. The Balaban J connectivity index is 0.00000392. The predicted octanol–water partition coefficient (Wildman–Crippen LogP) is 2.88. The van der Waals surface area contributed by atoms with E-state index in [-0.39, 0.29) is 24.0 Å². The van der Waals surface area contributed by atoms with Gasteiger partial charge in [-0.25, -0.2) is 4.79 Å². The van der Waals surface area contributed by atoms with Crippen LogP contribution in [0.5, 0.6) is 0 Å². The normalized spacial score (nSPS) is 13.9. The zero-order valence-electron chi connectivity index (χ0n) is 17.6. The Hall–Kier alpha value is -1.71. The van der Waals surface area contributed by atoms with Gasteiger partial charge in [-0.2, -0.15) is 0 Å². The third-order valence-corrected chi connectivity index (χ3v) is 4.26. The molecule has 158 valence electrons. The summed E-state index contributed by atoms with van der Waals surface area (Å²) in [5, 5.41) is 9.22. The van der Waals surface area contributed by atoms with E-state index in [1.54, 1.807) is 7.05 Å². The second kappa shape index (κ2) is 11.3. The molecule has 0 aromatic heterocycles. The number of carbonyl (C=O) groups is 1. The van der Waals surface area contributed by atoms with Crippen LogP contribution in [0.4, 0.5) is 10.5 Å². The Bertz CT molecular complexity index is 673. The van der Waals surface area contributed by atoms with Crippen molar-refractivity contribution >= 4 is 41.7 Å². The molecule has 1 aromatic carbocycles. The lowest BCUT2D eigenvalue weighted by atomic mass is 9.99. The molecule has 28 heavy (non-hydrogen) atoms. The van der Waals surface area contributed by atoms with Gasteiger partial charge in [0.25, 0.3) is 0 Å². The van der Waals surface area contributed by atoms with Crippen molar-refractivity contribution in [3.8, 4) is 0 Å². The molecule has 3 N–H and O–H groups in total. The number of aryl methyl sites for hydroxylation is 1. The molecular formula is C20H34IN5O2. The molecule has 0 bridgehead atoms. The fourth-order valence-electron chi connectivity index (χ4n) is 3.01. The molecule has 0 saturated carbocycles. The standard InChI is InChI=1S/C20H33N5O2.HI/c1-20(2,3)27-19(26)23-11-10-22-18(21-4)24-14-15-8-9-17-16(13-15)7-6-12-25(17)5;/h8-9,13H,6-7,10-12,14H2,1-5H3,(H,23,26)(H2,21,22,24);1H. The highest BCUT2D eigenvalue weighted by atomic mass is 127. The third-order valence-electron chi connectivity index (χ3n) is 4.26. The molecule has 7 nitrogen and oxygen atoms in total. The van der Waals surface area contributed by atoms with Crippen LogP contribution < -0.4 is 20.9 Å². The van der Waals surface area contributed by atoms with Gasteiger partial charge < -0.3 is 25.6 Å². The Morgan fingerprint density at radius 1 is 1.21 bits per heavy atom. The molecule has 0 radical (unpaired) electrons. The van der Waals surface area contributed by atoms with Crippen LogP contribution in [0, 0.1) is 0 Å². The summed E-state index contributed by atoms with van der Waals surface area (Å²) in [5.41, 5.74) is 3.49. The monoisotopic (exact) mass is 503 g/mol. The van der Waals surface area contributed by atoms with Gasteiger partial charge in [-0.3, -0.25) is 4.99 Å². The molecule has 0 saturated heterocycles. The van der Waals surface area contributed by atoms with Gasteiger partial charge in [0.05, 0.1) is 0 Å². The van der Waals surface area contributed by atoms with E-state index in [4.69, 9.17) is 4.74 Å². The maximum atomic E-state index is 11.6. The number of alkyl carbamates (subject to hydrolysis) is 1. The van der Waals surface area contributed by atoms with E-state index in [0.29, 0.717) is 25.6 Å². The highest BCUT2D eigenvalue weighted by molar-refractivity contribution is 14.0. The fraction of sp³-hybridized carbons (Fsp3) is 0.600. The van der Waals surface area contributed by atoms with Crippen LogP contribution >= 0.6 is 24.0 Å². The van der Waals surface area contributed by atoms with E-state index in [0.717, 1.165) is 13.0 Å². The number of anilines is 1. The first-order valence-corrected chi connectivity index (χ1v) is 9.53. The Labute approximate surface area is 185 Å². The van der Waals surface area contributed by atoms with Crippen LogP contribution in [-0.4, -0.2) is 51.4 Å². The average Bonchev–Trinajstić information content (AvgIpc) is 2.59. The first-order chi connectivity index (χ1) is 12.8. The zero-order chi connectivity index (χ0) is 19.9. The second-order valence-corrected chi connectivity index (χ2v) is 7.77. The van der Waals surface area contributed by atoms with Crippen molar-refractivity contribution in [1.82, 2.24) is 16.0 Å². The predicted molar refractivity (Wildman–Crippen MR) is 126 cm³/mol. The molecule has 0 unspecified atom stereocenters. The van der Waals surface area contributed by atoms with Gasteiger partial charge in [-0.05, 0) is 50.8 Å². The van der Waals surface area contributed by atoms with Crippen LogP contribution in [0.25, 0.3) is 0 Å². The molecule has 0 spiro atoms. The smallest absolute Gasteiger partial charge is 0.407 e. The topological polar surface area (TPSA) is 78.0 Å². The van der Waals surface area contributed by atoms with Gasteiger partial charge in [0.15, 0.2) is 5.96 Å². The lowest BCUT2D eigenvalue weighted by Gasteiger charge is -2.28. The van der Waals surface area contributed by atoms with Gasteiger partial charge in [-0.15, -0.1) is 24.0 Å². The number of rotatable bonds is 5. The number of nitrogens with one attached hydrogen (secondary N) is 3. The zero-order valence-corrected chi connectivity index (χ0v) is 19.9. The minimum absolute atomic E-state index is 0. The van der Waals surface area contributed by atoms with Crippen molar-refractivity contribution in [2.75, 3.05) is 38.6 Å². The number of guanidine groups is 1. The van der Waals surface area contributed by atoms with E-state index < -0.39 is 11.7 Å². The number of nitrogens with zero attached hydrogens (tertiary/aromatic N) is 2. The minimum Gasteiger partial charge on any atom is -0.444 e. The number of hydrogen-bond donors (Lipinski definition) is 3. The summed E-state index contributed by atoms with van der Waals surface area (Å²) < 4.78 is 5.20. The first-order valence-electron chi connectivity index (χ1n) is 9.53. The van der Waals surface area contributed by atoms with Gasteiger partial charge in [0, 0.05) is 46.0 Å². The molecule has 1 aromatic rings. The SMILES string of the molecule is CN=C(NCCNC(=O)OC(C)(C)C)NCc1ccc2c(c1)CCCN2C.I. The fourth-order valence-corrected chi connectivity index (χ4v) is 3.01. The van der Waals surface area contributed by atoms with E-state index in [1.807, 2.05) is 20.8 Å². The van der Waals surface area contributed by atoms with Crippen LogP contribution in [0.15, 0.2) is 23.2 Å². The van der Waals surface area contributed by atoms with Crippen LogP contribution in [0.2, 0.25) is 0 Å². The molecule has 1 aliphatic rings. The van der Waals surface area contributed by atoms with Crippen molar-refractivity contribution in [2.45, 2.75) is 45.8 Å². The molecule has 1 amide bonds. The van der Waals surface area contributed by atoms with Gasteiger partial charge in [-0.1, -0.05) is 12.1 Å². The Morgan fingerprint density at radius 3 is 2.61 bits per heavy atom. The highest BCUT2D eigenvalue weighted by Crippen LogP contribution is 2.26. The Morgan fingerprint density at radius 2 is 1.93 bits per heavy atom. The summed E-state index contributed by atoms with van der Waals surface area (Å²) in [6, 6.07) is 6.63. The lowest BCUT2D eigenvalue weighted by molar-refractivity contribution is 0.0529. The van der Waals surface area contributed by atoms with E-state index in [1.165, 1.54) is 23.2 Å². The van der Waals surface area contributed by atoms with Crippen LogP contribution in [-0.2, 0) is 17.7 Å². The van der Waals surface area contributed by atoms with Crippen molar-refractivity contribution in [1.29, 1.82) is 0 Å². The number of amides is 1. The second-order valence-electron chi connectivity index (χ2n) is 7.77. The molecule has 8 heteroatoms. The largest absolute Gasteiger partial charge is 0.444 e. The van der Waals surface area contributed by atoms with Crippen LogP contribution in [0.3, 0.4) is 0 Å². The highest BCUT2D eigenvalue weighted by Gasteiger charge is 2.15. The van der Waals surface area contributed by atoms with Crippen molar-refractivity contribution in [3.05, 3.63) is 29.3 Å². The van der Waals surface area contributed by atoms with E-state index >= 15 is 0 Å². The summed E-state index contributed by atoms with van der Waals surface area (Å²) in [4.78, 5) is 18.1. The maximum Gasteiger partial charge on any atom is 0.407 e. The summed E-state index contributed by atoms with van der Waals surface area (Å²) in [6.07, 6.45) is 1.93. The summed E-state index contributed by atoms with van der Waals surface area (Å²) in [6.45, 7) is 8.38. The Kier molecular flexibility index (Phi) is 9.84. The number of halogens is 1. The number of hydrogen-bond acceptors (Lipinski definition) is 4. The van der Waals surface area contributed by atoms with Crippen molar-refractivity contribution in [3.63, 3.8) is 0 Å².